The van der Waals surface area contributed by atoms with Crippen molar-refractivity contribution in [2.24, 2.45) is 5.73 Å². The van der Waals surface area contributed by atoms with Gasteiger partial charge in [-0.25, -0.2) is 0 Å². The average Bonchev–Trinajstić information content (AvgIpc) is 2.38. The monoisotopic (exact) mass is 282 g/mol. The lowest BCUT2D eigenvalue weighted by Gasteiger charge is -2.28. The molecule has 2 rings (SSSR count). The summed E-state index contributed by atoms with van der Waals surface area (Å²) >= 11 is 5.13. The van der Waals surface area contributed by atoms with Crippen LogP contribution in [0.25, 0.3) is 0 Å². The number of hydrogen-bond acceptors (Lipinski definition) is 5. The molecule has 3 N–H and O–H groups in total. The maximum Gasteiger partial charge on any atom is 0.161 e. The minimum atomic E-state index is -0.224. The van der Waals surface area contributed by atoms with Crippen molar-refractivity contribution in [2.75, 3.05) is 33.4 Å². The summed E-state index contributed by atoms with van der Waals surface area (Å²) in [5, 5.41) is 9.04. The number of nitrogens with zero attached hydrogens (tertiary/aromatic N) is 1. The third-order valence-corrected chi connectivity index (χ3v) is 3.27. The molecule has 1 aliphatic heterocycles. The summed E-state index contributed by atoms with van der Waals surface area (Å²) < 4.78 is 11.0. The largest absolute Gasteiger partial charge is 0.486 e. The molecule has 6 heteroatoms. The van der Waals surface area contributed by atoms with Crippen molar-refractivity contribution < 1.29 is 14.6 Å². The van der Waals surface area contributed by atoms with Crippen LogP contribution in [0.1, 0.15) is 11.6 Å². The zero-order valence-corrected chi connectivity index (χ0v) is 11.7. The summed E-state index contributed by atoms with van der Waals surface area (Å²) in [5.74, 6) is 1.45. The standard InChI is InChI=1S/C13H18N2O3S/c1-15(4-5-16)12(13(14)19)9-2-3-10-11(8-9)18-7-6-17-10/h2-3,8,12,16H,4-7H2,1H3,(H2,14,19). The third kappa shape index (κ3) is 3.15. The smallest absolute Gasteiger partial charge is 0.161 e. The Morgan fingerprint density at radius 3 is 2.74 bits per heavy atom. The van der Waals surface area contributed by atoms with Gasteiger partial charge >= 0.3 is 0 Å². The van der Waals surface area contributed by atoms with Crippen molar-refractivity contribution in [2.45, 2.75) is 6.04 Å². The fourth-order valence-electron chi connectivity index (χ4n) is 2.15. The normalized spacial score (nSPS) is 15.3. The summed E-state index contributed by atoms with van der Waals surface area (Å²) in [6, 6.07) is 5.46. The van der Waals surface area contributed by atoms with Gasteiger partial charge in [-0.15, -0.1) is 0 Å². The zero-order chi connectivity index (χ0) is 13.8. The first-order chi connectivity index (χ1) is 9.13. The Morgan fingerprint density at radius 1 is 1.42 bits per heavy atom. The topological polar surface area (TPSA) is 68.0 Å². The quantitative estimate of drug-likeness (QED) is 0.775. The fourth-order valence-corrected chi connectivity index (χ4v) is 2.47. The van der Waals surface area contributed by atoms with E-state index in [0.29, 0.717) is 30.5 Å². The number of nitrogens with two attached hydrogens (primary N) is 1. The van der Waals surface area contributed by atoms with Gasteiger partial charge in [0.05, 0.1) is 17.6 Å². The number of fused-ring (bicyclic) bond motifs is 1. The van der Waals surface area contributed by atoms with Crippen LogP contribution in [0.15, 0.2) is 18.2 Å². The zero-order valence-electron chi connectivity index (χ0n) is 10.8. The number of hydrogen-bond donors (Lipinski definition) is 2. The highest BCUT2D eigenvalue weighted by Gasteiger charge is 2.22. The molecule has 0 fully saturated rings. The Balaban J connectivity index is 2.29. The predicted octanol–water partition coefficient (Wildman–Crippen LogP) is 0.709. The number of rotatable bonds is 5. The van der Waals surface area contributed by atoms with Gasteiger partial charge < -0.3 is 20.3 Å². The Morgan fingerprint density at radius 2 is 2.11 bits per heavy atom. The van der Waals surface area contributed by atoms with Gasteiger partial charge in [0.1, 0.15) is 13.2 Å². The molecule has 1 aliphatic rings. The van der Waals surface area contributed by atoms with E-state index in [-0.39, 0.29) is 12.6 Å². The van der Waals surface area contributed by atoms with E-state index in [9.17, 15) is 0 Å². The Labute approximate surface area is 117 Å². The van der Waals surface area contributed by atoms with Gasteiger partial charge in [0.25, 0.3) is 0 Å². The molecule has 0 amide bonds. The van der Waals surface area contributed by atoms with E-state index in [1.165, 1.54) is 0 Å². The molecular weight excluding hydrogens is 264 g/mol. The van der Waals surface area contributed by atoms with Gasteiger partial charge in [-0.1, -0.05) is 18.3 Å². The highest BCUT2D eigenvalue weighted by molar-refractivity contribution is 7.80. The minimum absolute atomic E-state index is 0.0557. The lowest BCUT2D eigenvalue weighted by atomic mass is 10.0. The molecule has 1 aromatic rings. The Bertz CT molecular complexity index is 467. The van der Waals surface area contributed by atoms with Gasteiger partial charge in [0.2, 0.25) is 0 Å². The lowest BCUT2D eigenvalue weighted by Crippen LogP contribution is -2.35. The maximum atomic E-state index is 9.04. The number of thiocarbonyl (C=S) groups is 1. The molecule has 0 radical (unpaired) electrons. The van der Waals surface area contributed by atoms with Gasteiger partial charge in [0, 0.05) is 6.54 Å². The van der Waals surface area contributed by atoms with Crippen LogP contribution in [0.3, 0.4) is 0 Å². The van der Waals surface area contributed by atoms with Crippen molar-refractivity contribution in [1.82, 2.24) is 4.90 Å². The molecule has 5 nitrogen and oxygen atoms in total. The molecule has 0 aliphatic carbocycles. The molecule has 19 heavy (non-hydrogen) atoms. The van der Waals surface area contributed by atoms with Crippen molar-refractivity contribution in [3.63, 3.8) is 0 Å². The number of ether oxygens (including phenoxy) is 2. The first-order valence-corrected chi connectivity index (χ1v) is 6.54. The van der Waals surface area contributed by atoms with Crippen molar-refractivity contribution >= 4 is 17.2 Å². The molecule has 0 saturated heterocycles. The molecule has 1 unspecified atom stereocenters. The maximum absolute atomic E-state index is 9.04. The van der Waals surface area contributed by atoms with E-state index in [0.717, 1.165) is 11.3 Å². The van der Waals surface area contributed by atoms with Crippen LogP contribution in [0.2, 0.25) is 0 Å². The molecule has 0 bridgehead atoms. The predicted molar refractivity (Wildman–Crippen MR) is 76.7 cm³/mol. The second-order valence-corrected chi connectivity index (χ2v) is 4.88. The van der Waals surface area contributed by atoms with Crippen molar-refractivity contribution in [1.29, 1.82) is 0 Å². The van der Waals surface area contributed by atoms with Crippen molar-refractivity contribution in [3.05, 3.63) is 23.8 Å². The number of likely N-dealkylation sites (N-methyl/N-ethyl adjacent to an activating group) is 1. The molecule has 1 atom stereocenters. The molecule has 0 saturated carbocycles. The van der Waals surface area contributed by atoms with Crippen LogP contribution in [-0.2, 0) is 0 Å². The van der Waals surface area contributed by atoms with E-state index in [1.807, 2.05) is 30.1 Å². The van der Waals surface area contributed by atoms with E-state index in [1.54, 1.807) is 0 Å². The van der Waals surface area contributed by atoms with Crippen LogP contribution >= 0.6 is 12.2 Å². The summed E-state index contributed by atoms with van der Waals surface area (Å²) in [5.41, 5.74) is 6.75. The van der Waals surface area contributed by atoms with Crippen LogP contribution in [-0.4, -0.2) is 48.4 Å². The first kappa shape index (κ1) is 14.0. The number of aliphatic hydroxyl groups is 1. The van der Waals surface area contributed by atoms with Crippen LogP contribution < -0.4 is 15.2 Å². The second-order valence-electron chi connectivity index (χ2n) is 4.41. The van der Waals surface area contributed by atoms with Gasteiger partial charge in [-0.3, -0.25) is 4.90 Å². The van der Waals surface area contributed by atoms with E-state index >= 15 is 0 Å². The Kier molecular flexibility index (Phi) is 4.57. The van der Waals surface area contributed by atoms with E-state index in [2.05, 4.69) is 0 Å². The first-order valence-electron chi connectivity index (χ1n) is 6.13. The summed E-state index contributed by atoms with van der Waals surface area (Å²) in [6.45, 7) is 1.66. The number of benzene rings is 1. The van der Waals surface area contributed by atoms with Gasteiger partial charge in [-0.2, -0.15) is 0 Å². The highest BCUT2D eigenvalue weighted by atomic mass is 32.1. The molecule has 0 spiro atoms. The SMILES string of the molecule is CN(CCO)C(C(N)=S)c1ccc2c(c1)OCCO2. The van der Waals surface area contributed by atoms with Crippen molar-refractivity contribution in [3.8, 4) is 11.5 Å². The molecule has 1 aromatic carbocycles. The van der Waals surface area contributed by atoms with Gasteiger partial charge in [0.15, 0.2) is 11.5 Å². The Hall–Kier alpha value is -1.37. The van der Waals surface area contributed by atoms with Crippen LogP contribution in [0, 0.1) is 0 Å². The average molecular weight is 282 g/mol. The van der Waals surface area contributed by atoms with E-state index < -0.39 is 0 Å². The minimum Gasteiger partial charge on any atom is -0.486 e. The third-order valence-electron chi connectivity index (χ3n) is 3.04. The molecule has 104 valence electrons. The molecular formula is C13H18N2O3S. The molecule has 1 heterocycles. The highest BCUT2D eigenvalue weighted by Crippen LogP contribution is 2.33. The summed E-state index contributed by atoms with van der Waals surface area (Å²) in [4.78, 5) is 2.28. The van der Waals surface area contributed by atoms with Crippen LogP contribution in [0.5, 0.6) is 11.5 Å². The number of aliphatic hydroxyl groups excluding tert-OH is 1. The van der Waals surface area contributed by atoms with Crippen LogP contribution in [0.4, 0.5) is 0 Å². The second kappa shape index (κ2) is 6.18. The van der Waals surface area contributed by atoms with Gasteiger partial charge in [-0.05, 0) is 24.7 Å². The molecule has 0 aromatic heterocycles. The fraction of sp³-hybridized carbons (Fsp3) is 0.462. The summed E-state index contributed by atoms with van der Waals surface area (Å²) in [7, 11) is 1.87. The lowest BCUT2D eigenvalue weighted by molar-refractivity contribution is 0.170. The summed E-state index contributed by atoms with van der Waals surface area (Å²) in [6.07, 6.45) is 0. The van der Waals surface area contributed by atoms with E-state index in [4.69, 9.17) is 32.5 Å².